The van der Waals surface area contributed by atoms with Crippen molar-refractivity contribution >= 4 is 0 Å². The highest BCUT2D eigenvalue weighted by molar-refractivity contribution is 4.91. The van der Waals surface area contributed by atoms with Crippen LogP contribution in [0.1, 0.15) is 20.3 Å². The smallest absolute Gasteiger partial charge is 0.0967 e. The van der Waals surface area contributed by atoms with Crippen LogP contribution in [0.15, 0.2) is 0 Å². The molecule has 0 aromatic heterocycles. The molecule has 5 nitrogen and oxygen atoms in total. The van der Waals surface area contributed by atoms with Crippen LogP contribution in [0.2, 0.25) is 0 Å². The van der Waals surface area contributed by atoms with Crippen molar-refractivity contribution in [1.29, 1.82) is 5.26 Å². The minimum atomic E-state index is -0.0856. The lowest BCUT2D eigenvalue weighted by Crippen LogP contribution is -2.38. The van der Waals surface area contributed by atoms with Gasteiger partial charge in [-0.05, 0) is 20.3 Å². The molecule has 0 rings (SSSR count). The van der Waals surface area contributed by atoms with Gasteiger partial charge in [0.25, 0.3) is 0 Å². The molecule has 0 aliphatic carbocycles. The summed E-state index contributed by atoms with van der Waals surface area (Å²) in [5.41, 5.74) is 0. The summed E-state index contributed by atoms with van der Waals surface area (Å²) in [4.78, 5) is 2.26. The van der Waals surface area contributed by atoms with Crippen LogP contribution in [0.3, 0.4) is 0 Å². The van der Waals surface area contributed by atoms with E-state index < -0.39 is 0 Å². The zero-order valence-corrected chi connectivity index (χ0v) is 12.1. The number of nitrogens with one attached hydrogen (secondary N) is 1. The van der Waals surface area contributed by atoms with E-state index in [1.165, 1.54) is 0 Å². The van der Waals surface area contributed by atoms with Gasteiger partial charge in [-0.3, -0.25) is 10.2 Å². The topological polar surface area (TPSA) is 57.5 Å². The van der Waals surface area contributed by atoms with Crippen LogP contribution in [0, 0.1) is 11.3 Å². The van der Waals surface area contributed by atoms with Crippen LogP contribution in [0.5, 0.6) is 0 Å². The normalized spacial score (nSPS) is 12.9. The molecule has 0 aliphatic rings. The largest absolute Gasteiger partial charge is 0.383 e. The van der Waals surface area contributed by atoms with Crippen LogP contribution in [-0.4, -0.2) is 64.1 Å². The van der Waals surface area contributed by atoms with E-state index in [1.54, 1.807) is 14.2 Å². The van der Waals surface area contributed by atoms with Gasteiger partial charge in [-0.15, -0.1) is 0 Å². The van der Waals surface area contributed by atoms with Crippen LogP contribution in [0.4, 0.5) is 0 Å². The first-order valence-corrected chi connectivity index (χ1v) is 6.50. The molecule has 1 unspecified atom stereocenters. The van der Waals surface area contributed by atoms with Crippen molar-refractivity contribution in [3.8, 4) is 6.07 Å². The van der Waals surface area contributed by atoms with Crippen molar-refractivity contribution in [2.24, 2.45) is 0 Å². The summed E-state index contributed by atoms with van der Waals surface area (Å²) >= 11 is 0. The molecular formula is C13H27N3O2. The van der Waals surface area contributed by atoms with E-state index in [1.807, 2.05) is 0 Å². The van der Waals surface area contributed by atoms with Gasteiger partial charge in [-0.25, -0.2) is 0 Å². The minimum Gasteiger partial charge on any atom is -0.383 e. The molecule has 5 heteroatoms. The number of nitriles is 1. The molecule has 0 aromatic carbocycles. The van der Waals surface area contributed by atoms with Gasteiger partial charge < -0.3 is 9.47 Å². The van der Waals surface area contributed by atoms with Crippen molar-refractivity contribution in [2.75, 3.05) is 47.1 Å². The van der Waals surface area contributed by atoms with Crippen LogP contribution in [-0.2, 0) is 9.47 Å². The van der Waals surface area contributed by atoms with E-state index in [0.717, 1.165) is 26.1 Å². The average molecular weight is 257 g/mol. The van der Waals surface area contributed by atoms with Crippen molar-refractivity contribution in [3.63, 3.8) is 0 Å². The van der Waals surface area contributed by atoms with Gasteiger partial charge in [-0.1, -0.05) is 0 Å². The van der Waals surface area contributed by atoms with E-state index >= 15 is 0 Å². The van der Waals surface area contributed by atoms with Gasteiger partial charge in [0.05, 0.1) is 25.3 Å². The van der Waals surface area contributed by atoms with Gasteiger partial charge >= 0.3 is 0 Å². The Bertz CT molecular complexity index is 221. The summed E-state index contributed by atoms with van der Waals surface area (Å²) < 4.78 is 10.2. The second kappa shape index (κ2) is 11.4. The van der Waals surface area contributed by atoms with Gasteiger partial charge in [0.1, 0.15) is 0 Å². The highest BCUT2D eigenvalue weighted by Gasteiger charge is 2.11. The zero-order chi connectivity index (χ0) is 13.8. The SMILES string of the molecule is COCCN(CCOC)CCC(C#N)NC(C)C. The van der Waals surface area contributed by atoms with Gasteiger partial charge in [-0.2, -0.15) is 5.26 Å². The summed E-state index contributed by atoms with van der Waals surface area (Å²) in [5, 5.41) is 12.3. The molecule has 1 N–H and O–H groups in total. The standard InChI is InChI=1S/C13H27N3O2/c1-12(2)15-13(11-14)5-6-16(7-9-17-3)8-10-18-4/h12-13,15H,5-10H2,1-4H3. The maximum atomic E-state index is 9.06. The molecule has 0 bridgehead atoms. The maximum Gasteiger partial charge on any atom is 0.0967 e. The number of hydrogen-bond acceptors (Lipinski definition) is 5. The van der Waals surface area contributed by atoms with E-state index in [4.69, 9.17) is 14.7 Å². The lowest BCUT2D eigenvalue weighted by Gasteiger charge is -2.23. The first kappa shape index (κ1) is 17.3. The number of nitrogens with zero attached hydrogens (tertiary/aromatic N) is 2. The van der Waals surface area contributed by atoms with Crippen LogP contribution < -0.4 is 5.32 Å². The third-order valence-corrected chi connectivity index (χ3v) is 2.65. The molecule has 0 fully saturated rings. The summed E-state index contributed by atoms with van der Waals surface area (Å²) in [6.07, 6.45) is 0.822. The highest BCUT2D eigenvalue weighted by atomic mass is 16.5. The van der Waals surface area contributed by atoms with Gasteiger partial charge in [0.15, 0.2) is 0 Å². The zero-order valence-electron chi connectivity index (χ0n) is 12.1. The Morgan fingerprint density at radius 1 is 1.11 bits per heavy atom. The highest BCUT2D eigenvalue weighted by Crippen LogP contribution is 1.98. The first-order valence-electron chi connectivity index (χ1n) is 6.50. The van der Waals surface area contributed by atoms with E-state index in [2.05, 4.69) is 30.1 Å². The molecule has 0 aliphatic heterocycles. The summed E-state index contributed by atoms with van der Waals surface area (Å²) in [6, 6.07) is 2.55. The van der Waals surface area contributed by atoms with E-state index in [0.29, 0.717) is 19.3 Å². The van der Waals surface area contributed by atoms with E-state index in [-0.39, 0.29) is 6.04 Å². The lowest BCUT2D eigenvalue weighted by atomic mass is 10.2. The summed E-state index contributed by atoms with van der Waals surface area (Å²) in [6.45, 7) is 8.15. The fraction of sp³-hybridized carbons (Fsp3) is 0.923. The average Bonchev–Trinajstić information content (AvgIpc) is 2.35. The summed E-state index contributed by atoms with van der Waals surface area (Å²) in [5.74, 6) is 0. The Morgan fingerprint density at radius 3 is 2.06 bits per heavy atom. The van der Waals surface area contributed by atoms with Gasteiger partial charge in [0.2, 0.25) is 0 Å². The number of rotatable bonds is 11. The Morgan fingerprint density at radius 2 is 1.67 bits per heavy atom. The van der Waals surface area contributed by atoms with Crippen LogP contribution >= 0.6 is 0 Å². The Labute approximate surface area is 111 Å². The quantitative estimate of drug-likeness (QED) is 0.595. The molecule has 0 spiro atoms. The molecule has 0 amide bonds. The Hall–Kier alpha value is -0.670. The minimum absolute atomic E-state index is 0.0856. The molecule has 18 heavy (non-hydrogen) atoms. The van der Waals surface area contributed by atoms with Crippen molar-refractivity contribution in [3.05, 3.63) is 0 Å². The molecule has 0 saturated carbocycles. The lowest BCUT2D eigenvalue weighted by molar-refractivity contribution is 0.112. The molecular weight excluding hydrogens is 230 g/mol. The number of hydrogen-bond donors (Lipinski definition) is 1. The third-order valence-electron chi connectivity index (χ3n) is 2.65. The van der Waals surface area contributed by atoms with Crippen molar-refractivity contribution in [1.82, 2.24) is 10.2 Å². The second-order valence-corrected chi connectivity index (χ2v) is 4.62. The fourth-order valence-corrected chi connectivity index (χ4v) is 1.68. The second-order valence-electron chi connectivity index (χ2n) is 4.62. The molecule has 0 radical (unpaired) electrons. The summed E-state index contributed by atoms with van der Waals surface area (Å²) in [7, 11) is 3.40. The molecule has 1 atom stereocenters. The monoisotopic (exact) mass is 257 g/mol. The Kier molecular flexibility index (Phi) is 11.0. The predicted octanol–water partition coefficient (Wildman–Crippen LogP) is 0.861. The van der Waals surface area contributed by atoms with Crippen molar-refractivity contribution < 1.29 is 9.47 Å². The number of methoxy groups -OCH3 is 2. The maximum absolute atomic E-state index is 9.06. The third kappa shape index (κ3) is 9.37. The van der Waals surface area contributed by atoms with E-state index in [9.17, 15) is 0 Å². The molecule has 0 heterocycles. The molecule has 106 valence electrons. The van der Waals surface area contributed by atoms with Gasteiger partial charge in [0, 0.05) is 39.9 Å². The predicted molar refractivity (Wildman–Crippen MR) is 72.5 cm³/mol. The fourth-order valence-electron chi connectivity index (χ4n) is 1.68. The van der Waals surface area contributed by atoms with Crippen LogP contribution in [0.25, 0.3) is 0 Å². The van der Waals surface area contributed by atoms with Crippen molar-refractivity contribution in [2.45, 2.75) is 32.4 Å². The first-order chi connectivity index (χ1) is 8.63. The molecule has 0 saturated heterocycles. The Balaban J connectivity index is 4.01. The molecule has 0 aromatic rings. The number of ether oxygens (including phenoxy) is 2.